The lowest BCUT2D eigenvalue weighted by molar-refractivity contribution is -0.0445. The molecule has 2 saturated carbocycles. The van der Waals surface area contributed by atoms with Crippen LogP contribution in [0.25, 0.3) is 0 Å². The number of unbranched alkanes of at least 4 members (excludes halogenated alkanes) is 2. The van der Waals surface area contributed by atoms with Crippen LogP contribution in [0.3, 0.4) is 0 Å². The van der Waals surface area contributed by atoms with E-state index in [1.165, 1.54) is 70.5 Å². The van der Waals surface area contributed by atoms with Crippen molar-refractivity contribution in [3.63, 3.8) is 0 Å². The Morgan fingerprint density at radius 3 is 2.14 bits per heavy atom. The first kappa shape index (κ1) is 17.8. The van der Waals surface area contributed by atoms with Crippen LogP contribution in [0.2, 0.25) is 0 Å². The second-order valence-electron chi connectivity index (χ2n) is 7.61. The molecular formula is C20H35FO. The Kier molecular flexibility index (Phi) is 7.75. The van der Waals surface area contributed by atoms with E-state index < -0.39 is 6.36 Å². The minimum Gasteiger partial charge on any atom is -0.468 e. The van der Waals surface area contributed by atoms with Gasteiger partial charge in [-0.1, -0.05) is 52.0 Å². The monoisotopic (exact) mass is 310 g/mol. The molecule has 0 heterocycles. The van der Waals surface area contributed by atoms with Gasteiger partial charge in [-0.25, -0.2) is 4.39 Å². The van der Waals surface area contributed by atoms with Gasteiger partial charge in [-0.05, 0) is 56.3 Å². The fourth-order valence-corrected chi connectivity index (χ4v) is 4.71. The van der Waals surface area contributed by atoms with Crippen LogP contribution in [0.15, 0.2) is 12.8 Å². The van der Waals surface area contributed by atoms with E-state index in [1.807, 2.05) is 0 Å². The van der Waals surface area contributed by atoms with Gasteiger partial charge in [0.2, 0.25) is 6.36 Å². The van der Waals surface area contributed by atoms with Gasteiger partial charge in [-0.3, -0.25) is 0 Å². The number of halogens is 1. The molecule has 2 fully saturated rings. The van der Waals surface area contributed by atoms with Crippen LogP contribution in [0.5, 0.6) is 0 Å². The van der Waals surface area contributed by atoms with Crippen molar-refractivity contribution in [1.29, 1.82) is 0 Å². The normalized spacial score (nSPS) is 34.1. The van der Waals surface area contributed by atoms with Crippen LogP contribution >= 0.6 is 0 Å². The summed E-state index contributed by atoms with van der Waals surface area (Å²) in [5.74, 6) is 2.86. The minimum absolute atomic E-state index is 0.0969. The van der Waals surface area contributed by atoms with Gasteiger partial charge in [0.25, 0.3) is 0 Å². The minimum atomic E-state index is -1.13. The van der Waals surface area contributed by atoms with E-state index in [0.29, 0.717) is 0 Å². The van der Waals surface area contributed by atoms with Crippen molar-refractivity contribution in [2.45, 2.75) is 90.3 Å². The predicted octanol–water partition coefficient (Wildman–Crippen LogP) is 6.64. The maximum absolute atomic E-state index is 13.8. The first-order valence-electron chi connectivity index (χ1n) is 9.65. The summed E-state index contributed by atoms with van der Waals surface area (Å²) in [7, 11) is 0. The second-order valence-corrected chi connectivity index (χ2v) is 7.61. The van der Waals surface area contributed by atoms with Crippen molar-refractivity contribution in [3.8, 4) is 0 Å². The standard InChI is InChI=1S/C20H35FO/c1-3-5-6-7-16-8-10-17(11-9-16)18-12-14-19(15-13-18)20(21)22-4-2/h4,16-20H,2-3,5-15H2,1H3. The molecule has 1 atom stereocenters. The van der Waals surface area contributed by atoms with Gasteiger partial charge < -0.3 is 4.74 Å². The lowest BCUT2D eigenvalue weighted by Crippen LogP contribution is -2.29. The van der Waals surface area contributed by atoms with Gasteiger partial charge >= 0.3 is 0 Å². The third-order valence-corrected chi connectivity index (χ3v) is 6.19. The molecule has 128 valence electrons. The Labute approximate surface area is 136 Å². The third kappa shape index (κ3) is 5.28. The van der Waals surface area contributed by atoms with E-state index in [2.05, 4.69) is 13.5 Å². The molecule has 0 aromatic rings. The van der Waals surface area contributed by atoms with Crippen LogP contribution in [0.4, 0.5) is 4.39 Å². The highest BCUT2D eigenvalue weighted by molar-refractivity contribution is 4.83. The Morgan fingerprint density at radius 1 is 1.00 bits per heavy atom. The molecule has 0 N–H and O–H groups in total. The van der Waals surface area contributed by atoms with Crippen molar-refractivity contribution >= 4 is 0 Å². The van der Waals surface area contributed by atoms with E-state index in [4.69, 9.17) is 4.74 Å². The Hall–Kier alpha value is -0.530. The van der Waals surface area contributed by atoms with Crippen LogP contribution in [-0.4, -0.2) is 6.36 Å². The van der Waals surface area contributed by atoms with Crippen molar-refractivity contribution in [2.75, 3.05) is 0 Å². The second kappa shape index (κ2) is 9.57. The SMILES string of the molecule is C=COC(F)C1CCC(C2CCC(CCCCC)CC2)CC1. The van der Waals surface area contributed by atoms with E-state index in [9.17, 15) is 4.39 Å². The van der Waals surface area contributed by atoms with E-state index in [1.54, 1.807) is 0 Å². The van der Waals surface area contributed by atoms with Crippen LogP contribution in [0.1, 0.15) is 84.0 Å². The van der Waals surface area contributed by atoms with Crippen molar-refractivity contribution in [1.82, 2.24) is 0 Å². The maximum atomic E-state index is 13.8. The van der Waals surface area contributed by atoms with E-state index >= 15 is 0 Å². The smallest absolute Gasteiger partial charge is 0.240 e. The van der Waals surface area contributed by atoms with Gasteiger partial charge in [0.05, 0.1) is 6.26 Å². The highest BCUT2D eigenvalue weighted by atomic mass is 19.1. The summed E-state index contributed by atoms with van der Waals surface area (Å²) in [6.07, 6.45) is 15.9. The quantitative estimate of drug-likeness (QED) is 0.361. The molecular weight excluding hydrogens is 275 g/mol. The Morgan fingerprint density at radius 2 is 1.59 bits per heavy atom. The van der Waals surface area contributed by atoms with Gasteiger partial charge in [0.15, 0.2) is 0 Å². The van der Waals surface area contributed by atoms with Crippen LogP contribution < -0.4 is 0 Å². The molecule has 1 unspecified atom stereocenters. The molecule has 0 aromatic heterocycles. The molecule has 1 nitrogen and oxygen atoms in total. The molecule has 0 radical (unpaired) electrons. The molecule has 0 amide bonds. The van der Waals surface area contributed by atoms with Gasteiger partial charge in [0, 0.05) is 5.92 Å². The number of ether oxygens (including phenoxy) is 1. The van der Waals surface area contributed by atoms with E-state index in [0.717, 1.165) is 30.6 Å². The number of hydrogen-bond donors (Lipinski definition) is 0. The number of alkyl halides is 1. The summed E-state index contributed by atoms with van der Waals surface area (Å²) in [6.45, 7) is 5.74. The first-order chi connectivity index (χ1) is 10.7. The molecule has 0 spiro atoms. The van der Waals surface area contributed by atoms with Crippen LogP contribution in [-0.2, 0) is 4.74 Å². The average molecular weight is 310 g/mol. The Balaban J connectivity index is 1.65. The molecule has 0 bridgehead atoms. The number of rotatable bonds is 8. The molecule has 2 aliphatic carbocycles. The predicted molar refractivity (Wildman–Crippen MR) is 91.2 cm³/mol. The summed E-state index contributed by atoms with van der Waals surface area (Å²) >= 11 is 0. The highest BCUT2D eigenvalue weighted by Crippen LogP contribution is 2.43. The zero-order valence-corrected chi connectivity index (χ0v) is 14.4. The summed E-state index contributed by atoms with van der Waals surface area (Å²) in [4.78, 5) is 0. The zero-order chi connectivity index (χ0) is 15.8. The molecule has 22 heavy (non-hydrogen) atoms. The fourth-order valence-electron chi connectivity index (χ4n) is 4.71. The van der Waals surface area contributed by atoms with Crippen LogP contribution in [0, 0.1) is 23.7 Å². The van der Waals surface area contributed by atoms with Gasteiger partial charge in [-0.15, -0.1) is 0 Å². The Bertz CT molecular complexity index is 301. The van der Waals surface area contributed by atoms with Crippen molar-refractivity contribution in [3.05, 3.63) is 12.8 Å². The zero-order valence-electron chi connectivity index (χ0n) is 14.4. The fraction of sp³-hybridized carbons (Fsp3) is 0.900. The molecule has 2 aliphatic rings. The average Bonchev–Trinajstić information content (AvgIpc) is 2.56. The van der Waals surface area contributed by atoms with Crippen molar-refractivity contribution < 1.29 is 9.13 Å². The van der Waals surface area contributed by atoms with Gasteiger partial charge in [0.1, 0.15) is 0 Å². The topological polar surface area (TPSA) is 9.23 Å². The molecule has 2 heteroatoms. The summed E-state index contributed by atoms with van der Waals surface area (Å²) < 4.78 is 18.7. The van der Waals surface area contributed by atoms with Gasteiger partial charge in [-0.2, -0.15) is 0 Å². The largest absolute Gasteiger partial charge is 0.468 e. The molecule has 0 aliphatic heterocycles. The summed E-state index contributed by atoms with van der Waals surface area (Å²) in [5, 5.41) is 0. The highest BCUT2D eigenvalue weighted by Gasteiger charge is 2.33. The first-order valence-corrected chi connectivity index (χ1v) is 9.65. The summed E-state index contributed by atoms with van der Waals surface area (Å²) in [5.41, 5.74) is 0. The lowest BCUT2D eigenvalue weighted by Gasteiger charge is -2.38. The third-order valence-electron chi connectivity index (χ3n) is 6.19. The maximum Gasteiger partial charge on any atom is 0.240 e. The molecule has 0 saturated heterocycles. The lowest BCUT2D eigenvalue weighted by atomic mass is 9.68. The van der Waals surface area contributed by atoms with E-state index in [-0.39, 0.29) is 5.92 Å². The van der Waals surface area contributed by atoms with Crippen molar-refractivity contribution in [2.24, 2.45) is 23.7 Å². The molecule has 2 rings (SSSR count). The number of hydrogen-bond acceptors (Lipinski definition) is 1. The molecule has 0 aromatic carbocycles. The summed E-state index contributed by atoms with van der Waals surface area (Å²) in [6, 6.07) is 0.